The molecule has 0 aliphatic carbocycles. The van der Waals surface area contributed by atoms with Gasteiger partial charge in [-0.05, 0) is 64.5 Å². The van der Waals surface area contributed by atoms with E-state index in [4.69, 9.17) is 17.0 Å². The first-order chi connectivity index (χ1) is 14.0. The fourth-order valence-electron chi connectivity index (χ4n) is 2.76. The van der Waals surface area contributed by atoms with Crippen LogP contribution in [-0.2, 0) is 13.7 Å². The summed E-state index contributed by atoms with van der Waals surface area (Å²) in [6.45, 7) is 4.49. The predicted molar refractivity (Wildman–Crippen MR) is 124 cm³/mol. The highest BCUT2D eigenvalue weighted by molar-refractivity contribution is 9.10. The molecule has 0 spiro atoms. The second kappa shape index (κ2) is 9.58. The average molecular weight is 473 g/mol. The number of hydrogen-bond donors (Lipinski definition) is 2. The fraction of sp³-hybridized carbons (Fsp3) is 0.143. The summed E-state index contributed by atoms with van der Waals surface area (Å²) in [6.07, 6.45) is 1.74. The van der Waals surface area contributed by atoms with Gasteiger partial charge in [-0.15, -0.1) is 6.58 Å². The first-order valence-electron chi connectivity index (χ1n) is 8.91. The highest BCUT2D eigenvalue weighted by Gasteiger charge is 2.17. The zero-order chi connectivity index (χ0) is 20.8. The minimum absolute atomic E-state index is 0.127. The van der Waals surface area contributed by atoms with Crippen LogP contribution in [0.2, 0.25) is 0 Å². The van der Waals surface area contributed by atoms with Crippen molar-refractivity contribution in [3.63, 3.8) is 0 Å². The zero-order valence-electron chi connectivity index (χ0n) is 15.9. The molecule has 8 heteroatoms. The van der Waals surface area contributed by atoms with Crippen molar-refractivity contribution >= 4 is 38.9 Å². The molecule has 0 amide bonds. The molecule has 0 fully saturated rings. The number of para-hydroxylation sites is 1. The van der Waals surface area contributed by atoms with E-state index in [0.29, 0.717) is 21.9 Å². The molecule has 1 aromatic heterocycles. The maximum Gasteiger partial charge on any atom is 0.286 e. The molecule has 0 aliphatic rings. The third-order valence-corrected chi connectivity index (χ3v) is 5.26. The van der Waals surface area contributed by atoms with Crippen LogP contribution in [0.3, 0.4) is 0 Å². The van der Waals surface area contributed by atoms with Crippen LogP contribution in [0.25, 0.3) is 5.69 Å². The Morgan fingerprint density at radius 3 is 2.55 bits per heavy atom. The van der Waals surface area contributed by atoms with Gasteiger partial charge in [-0.2, -0.15) is 0 Å². The summed E-state index contributed by atoms with van der Waals surface area (Å²) in [5.74, 6) is 0.687. The Balaban J connectivity index is 1.70. The molecular weight excluding hydrogens is 452 g/mol. The minimum atomic E-state index is -0.127. The summed E-state index contributed by atoms with van der Waals surface area (Å²) in [5.41, 5.74) is 2.26. The Kier molecular flexibility index (Phi) is 6.90. The molecule has 6 nitrogen and oxygen atoms in total. The van der Waals surface area contributed by atoms with E-state index in [2.05, 4.69) is 33.1 Å². The van der Waals surface area contributed by atoms with E-state index in [1.165, 1.54) is 0 Å². The number of rotatable bonds is 7. The van der Waals surface area contributed by atoms with E-state index in [1.807, 2.05) is 61.6 Å². The number of halogens is 1. The van der Waals surface area contributed by atoms with Gasteiger partial charge in [0.05, 0.1) is 11.4 Å². The number of anilines is 1. The van der Waals surface area contributed by atoms with E-state index in [1.54, 1.807) is 15.4 Å². The Hall–Kier alpha value is -2.84. The van der Waals surface area contributed by atoms with Crippen LogP contribution in [0, 0.1) is 0 Å². The van der Waals surface area contributed by atoms with Crippen LogP contribution >= 0.6 is 28.1 Å². The summed E-state index contributed by atoms with van der Waals surface area (Å²) in [6, 6.07) is 16.9. The lowest BCUT2D eigenvalue weighted by Gasteiger charge is -2.12. The van der Waals surface area contributed by atoms with Crippen LogP contribution in [0.4, 0.5) is 5.69 Å². The molecule has 0 radical (unpaired) electrons. The largest absolute Gasteiger partial charge is 0.487 e. The van der Waals surface area contributed by atoms with Crippen LogP contribution in [0.15, 0.2) is 76.5 Å². The highest BCUT2D eigenvalue weighted by atomic mass is 79.9. The summed E-state index contributed by atoms with van der Waals surface area (Å²) in [5, 5.41) is 6.62. The first kappa shape index (κ1) is 20.9. The molecule has 0 saturated carbocycles. The molecule has 0 aliphatic heterocycles. The Morgan fingerprint density at radius 1 is 1.21 bits per heavy atom. The van der Waals surface area contributed by atoms with Crippen molar-refractivity contribution in [1.29, 1.82) is 0 Å². The molecule has 0 saturated heterocycles. The molecule has 3 rings (SSSR count). The lowest BCUT2D eigenvalue weighted by atomic mass is 10.3. The Morgan fingerprint density at radius 2 is 1.90 bits per heavy atom. The number of ether oxygens (including phenoxy) is 1. The van der Waals surface area contributed by atoms with Gasteiger partial charge in [-0.1, -0.05) is 24.3 Å². The lowest BCUT2D eigenvalue weighted by Crippen LogP contribution is -2.28. The maximum absolute atomic E-state index is 12.7. The Bertz CT molecular complexity index is 1060. The average Bonchev–Trinajstić information content (AvgIpc) is 2.95. The van der Waals surface area contributed by atoms with Crippen molar-refractivity contribution in [2.24, 2.45) is 7.05 Å². The molecule has 0 atom stereocenters. The van der Waals surface area contributed by atoms with Gasteiger partial charge in [-0.25, -0.2) is 4.68 Å². The van der Waals surface area contributed by atoms with Gasteiger partial charge in [0.15, 0.2) is 5.11 Å². The smallest absolute Gasteiger partial charge is 0.286 e. The fourth-order valence-corrected chi connectivity index (χ4v) is 3.50. The van der Waals surface area contributed by atoms with E-state index in [0.717, 1.165) is 17.1 Å². The van der Waals surface area contributed by atoms with Crippen molar-refractivity contribution in [3.05, 3.63) is 87.8 Å². The van der Waals surface area contributed by atoms with Crippen LogP contribution in [0.1, 0.15) is 5.69 Å². The van der Waals surface area contributed by atoms with Crippen molar-refractivity contribution in [2.75, 3.05) is 11.9 Å². The van der Waals surface area contributed by atoms with Crippen LogP contribution in [0.5, 0.6) is 5.75 Å². The minimum Gasteiger partial charge on any atom is -0.487 e. The van der Waals surface area contributed by atoms with Gasteiger partial charge in [0, 0.05) is 19.3 Å². The monoisotopic (exact) mass is 472 g/mol. The van der Waals surface area contributed by atoms with Gasteiger partial charge >= 0.3 is 0 Å². The van der Waals surface area contributed by atoms with Crippen molar-refractivity contribution < 1.29 is 4.74 Å². The summed E-state index contributed by atoms with van der Waals surface area (Å²) >= 11 is 8.60. The SMILES string of the molecule is C=CCNC(=S)Nc1ccc(OCc2c(Br)c(=O)n(-c3ccccc3)n2C)cc1. The number of nitrogens with zero attached hydrogens (tertiary/aromatic N) is 2. The molecule has 3 aromatic rings. The number of benzene rings is 2. The molecule has 1 heterocycles. The number of thiocarbonyl (C=S) groups is 1. The molecule has 29 heavy (non-hydrogen) atoms. The van der Waals surface area contributed by atoms with Crippen molar-refractivity contribution in [2.45, 2.75) is 6.61 Å². The lowest BCUT2D eigenvalue weighted by molar-refractivity contribution is 0.292. The molecule has 150 valence electrons. The molecule has 0 bridgehead atoms. The zero-order valence-corrected chi connectivity index (χ0v) is 18.3. The van der Waals surface area contributed by atoms with E-state index in [-0.39, 0.29) is 12.2 Å². The van der Waals surface area contributed by atoms with Crippen LogP contribution < -0.4 is 20.9 Å². The quantitative estimate of drug-likeness (QED) is 0.402. The number of hydrogen-bond acceptors (Lipinski definition) is 3. The molecule has 0 unspecified atom stereocenters. The molecule has 2 N–H and O–H groups in total. The van der Waals surface area contributed by atoms with E-state index in [9.17, 15) is 4.79 Å². The van der Waals surface area contributed by atoms with E-state index >= 15 is 0 Å². The van der Waals surface area contributed by atoms with E-state index < -0.39 is 0 Å². The third kappa shape index (κ3) is 4.96. The van der Waals surface area contributed by atoms with Gasteiger partial charge in [-0.3, -0.25) is 9.48 Å². The van der Waals surface area contributed by atoms with Gasteiger partial charge in [0.2, 0.25) is 0 Å². The van der Waals surface area contributed by atoms with Crippen molar-refractivity contribution in [1.82, 2.24) is 14.7 Å². The second-order valence-electron chi connectivity index (χ2n) is 6.17. The predicted octanol–water partition coefficient (Wildman–Crippen LogP) is 3.99. The summed E-state index contributed by atoms with van der Waals surface area (Å²) in [7, 11) is 1.84. The Labute approximate surface area is 182 Å². The first-order valence-corrected chi connectivity index (χ1v) is 10.1. The second-order valence-corrected chi connectivity index (χ2v) is 7.37. The number of aromatic nitrogens is 2. The maximum atomic E-state index is 12.7. The van der Waals surface area contributed by atoms with Crippen LogP contribution in [-0.4, -0.2) is 21.0 Å². The van der Waals surface area contributed by atoms with Gasteiger partial charge in [0.1, 0.15) is 16.8 Å². The van der Waals surface area contributed by atoms with Gasteiger partial charge < -0.3 is 15.4 Å². The molecule has 2 aromatic carbocycles. The number of nitrogens with one attached hydrogen (secondary N) is 2. The van der Waals surface area contributed by atoms with Gasteiger partial charge in [0.25, 0.3) is 5.56 Å². The standard InChI is InChI=1S/C21H21BrN4O2S/c1-3-13-23-21(29)24-15-9-11-17(12-10-15)28-14-18-19(22)20(27)26(25(18)2)16-7-5-4-6-8-16/h3-12H,1,13-14H2,2H3,(H2,23,24,29). The highest BCUT2D eigenvalue weighted by Crippen LogP contribution is 2.20. The van der Waals surface area contributed by atoms with Crippen molar-refractivity contribution in [3.8, 4) is 11.4 Å². The molecular formula is C21H21BrN4O2S. The topological polar surface area (TPSA) is 60.2 Å². The normalized spacial score (nSPS) is 10.4. The summed E-state index contributed by atoms with van der Waals surface area (Å²) in [4.78, 5) is 12.7. The third-order valence-electron chi connectivity index (χ3n) is 4.22. The summed E-state index contributed by atoms with van der Waals surface area (Å²) < 4.78 is 9.77.